The number of nitrogens with one attached hydrogen (secondary N) is 3. The zero-order valence-electron chi connectivity index (χ0n) is 17.7. The Labute approximate surface area is 191 Å². The Kier molecular flexibility index (Phi) is 5.80. The SMILES string of the molecule is O=S(=O)(Nc1cccc(CNCCOc2cccc3[nH]ccc23)c1)c1ccc2c(c1)OCO2. The quantitative estimate of drug-likeness (QED) is 0.325. The summed E-state index contributed by atoms with van der Waals surface area (Å²) in [5.41, 5.74) is 2.48. The van der Waals surface area contributed by atoms with E-state index in [0.717, 1.165) is 22.2 Å². The number of anilines is 1. The third kappa shape index (κ3) is 4.74. The van der Waals surface area contributed by atoms with Gasteiger partial charge in [0.1, 0.15) is 12.4 Å². The Balaban J connectivity index is 1.15. The van der Waals surface area contributed by atoms with Crippen LogP contribution in [-0.2, 0) is 16.6 Å². The third-order valence-electron chi connectivity index (χ3n) is 5.25. The summed E-state index contributed by atoms with van der Waals surface area (Å²) in [6, 6.07) is 19.7. The maximum Gasteiger partial charge on any atom is 0.262 e. The molecule has 5 rings (SSSR count). The topological polar surface area (TPSA) is 102 Å². The first kappa shape index (κ1) is 21.2. The Morgan fingerprint density at radius 2 is 1.85 bits per heavy atom. The van der Waals surface area contributed by atoms with Crippen LogP contribution < -0.4 is 24.2 Å². The molecule has 33 heavy (non-hydrogen) atoms. The normalized spacial score (nSPS) is 12.7. The summed E-state index contributed by atoms with van der Waals surface area (Å²) in [7, 11) is -3.75. The zero-order chi connectivity index (χ0) is 22.7. The molecular formula is C24H23N3O5S. The number of ether oxygens (including phenoxy) is 3. The molecule has 1 aromatic heterocycles. The fraction of sp³-hybridized carbons (Fsp3) is 0.167. The van der Waals surface area contributed by atoms with Crippen molar-refractivity contribution in [1.29, 1.82) is 0 Å². The highest BCUT2D eigenvalue weighted by atomic mass is 32.2. The lowest BCUT2D eigenvalue weighted by Gasteiger charge is -2.11. The summed E-state index contributed by atoms with van der Waals surface area (Å²) in [6.45, 7) is 1.83. The molecule has 2 heterocycles. The Bertz CT molecular complexity index is 1380. The first-order valence-corrected chi connectivity index (χ1v) is 12.0. The van der Waals surface area contributed by atoms with E-state index in [9.17, 15) is 8.42 Å². The molecule has 3 aromatic carbocycles. The summed E-state index contributed by atoms with van der Waals surface area (Å²) >= 11 is 0. The van der Waals surface area contributed by atoms with Crippen molar-refractivity contribution < 1.29 is 22.6 Å². The smallest absolute Gasteiger partial charge is 0.262 e. The molecule has 0 aliphatic carbocycles. The maximum atomic E-state index is 12.8. The average Bonchev–Trinajstić information content (AvgIpc) is 3.48. The lowest BCUT2D eigenvalue weighted by molar-refractivity contribution is 0.174. The molecule has 4 aromatic rings. The molecule has 0 saturated carbocycles. The van der Waals surface area contributed by atoms with Gasteiger partial charge in [-0.2, -0.15) is 0 Å². The first-order chi connectivity index (χ1) is 16.1. The van der Waals surface area contributed by atoms with Crippen molar-refractivity contribution in [2.75, 3.05) is 24.7 Å². The lowest BCUT2D eigenvalue weighted by Crippen LogP contribution is -2.20. The number of fused-ring (bicyclic) bond motifs is 2. The molecule has 0 radical (unpaired) electrons. The van der Waals surface area contributed by atoms with Crippen molar-refractivity contribution in [3.8, 4) is 17.2 Å². The van der Waals surface area contributed by atoms with Crippen LogP contribution in [0.4, 0.5) is 5.69 Å². The van der Waals surface area contributed by atoms with E-state index in [1.807, 2.05) is 42.6 Å². The standard InChI is InChI=1S/C24H23N3O5S/c28-33(29,19-7-8-23-24(14-19)32-16-31-23)27-18-4-1-3-17(13-18)15-25-11-12-30-22-6-2-5-21-20(22)9-10-26-21/h1-10,13-14,25-27H,11-12,15-16H2. The van der Waals surface area contributed by atoms with Gasteiger partial charge in [0, 0.05) is 41.9 Å². The minimum atomic E-state index is -3.75. The number of sulfonamides is 1. The second kappa shape index (κ2) is 9.05. The van der Waals surface area contributed by atoms with Crippen LogP contribution in [0.15, 0.2) is 77.8 Å². The van der Waals surface area contributed by atoms with Gasteiger partial charge in [-0.1, -0.05) is 18.2 Å². The van der Waals surface area contributed by atoms with Gasteiger partial charge in [0.15, 0.2) is 11.5 Å². The van der Waals surface area contributed by atoms with Crippen LogP contribution in [-0.4, -0.2) is 33.3 Å². The van der Waals surface area contributed by atoms with Crippen molar-refractivity contribution in [2.45, 2.75) is 11.4 Å². The molecule has 170 valence electrons. The van der Waals surface area contributed by atoms with Gasteiger partial charge in [-0.15, -0.1) is 0 Å². The van der Waals surface area contributed by atoms with E-state index < -0.39 is 10.0 Å². The highest BCUT2D eigenvalue weighted by molar-refractivity contribution is 7.92. The summed E-state index contributed by atoms with van der Waals surface area (Å²) in [4.78, 5) is 3.29. The molecule has 0 spiro atoms. The summed E-state index contributed by atoms with van der Waals surface area (Å²) in [5, 5.41) is 4.38. The molecule has 1 aliphatic heterocycles. The van der Waals surface area contributed by atoms with Crippen molar-refractivity contribution in [3.63, 3.8) is 0 Å². The van der Waals surface area contributed by atoms with Crippen LogP contribution in [0.25, 0.3) is 10.9 Å². The van der Waals surface area contributed by atoms with Crippen molar-refractivity contribution in [1.82, 2.24) is 10.3 Å². The average molecular weight is 466 g/mol. The molecule has 3 N–H and O–H groups in total. The first-order valence-electron chi connectivity index (χ1n) is 10.5. The molecular weight excluding hydrogens is 442 g/mol. The molecule has 0 bridgehead atoms. The predicted molar refractivity (Wildman–Crippen MR) is 125 cm³/mol. The van der Waals surface area contributed by atoms with Gasteiger partial charge in [-0.05, 0) is 48.0 Å². The van der Waals surface area contributed by atoms with Crippen LogP contribution in [0.5, 0.6) is 17.2 Å². The predicted octanol–water partition coefficient (Wildman–Crippen LogP) is 3.87. The van der Waals surface area contributed by atoms with Gasteiger partial charge in [0.2, 0.25) is 6.79 Å². The second-order valence-corrected chi connectivity index (χ2v) is 9.22. The molecule has 0 fully saturated rings. The summed E-state index contributed by atoms with van der Waals surface area (Å²) < 4.78 is 44.6. The fourth-order valence-corrected chi connectivity index (χ4v) is 4.72. The molecule has 8 nitrogen and oxygen atoms in total. The van der Waals surface area contributed by atoms with Gasteiger partial charge in [0.05, 0.1) is 4.90 Å². The highest BCUT2D eigenvalue weighted by Gasteiger charge is 2.20. The fourth-order valence-electron chi connectivity index (χ4n) is 3.65. The number of hydrogen-bond donors (Lipinski definition) is 3. The number of benzene rings is 3. The van der Waals surface area contributed by atoms with Crippen LogP contribution in [0.2, 0.25) is 0 Å². The zero-order valence-corrected chi connectivity index (χ0v) is 18.5. The van der Waals surface area contributed by atoms with E-state index >= 15 is 0 Å². The summed E-state index contributed by atoms with van der Waals surface area (Å²) in [6.07, 6.45) is 1.89. The minimum Gasteiger partial charge on any atom is -0.492 e. The molecule has 9 heteroatoms. The second-order valence-electron chi connectivity index (χ2n) is 7.54. The molecule has 1 aliphatic rings. The van der Waals surface area contributed by atoms with Crippen LogP contribution in [0.3, 0.4) is 0 Å². The Morgan fingerprint density at radius 3 is 2.79 bits per heavy atom. The van der Waals surface area contributed by atoms with Crippen molar-refractivity contribution >= 4 is 26.6 Å². The van der Waals surface area contributed by atoms with Gasteiger partial charge in [-0.25, -0.2) is 8.42 Å². The van der Waals surface area contributed by atoms with Crippen LogP contribution in [0, 0.1) is 0 Å². The molecule has 0 unspecified atom stereocenters. The lowest BCUT2D eigenvalue weighted by atomic mass is 10.2. The van der Waals surface area contributed by atoms with E-state index in [0.29, 0.717) is 36.9 Å². The maximum absolute atomic E-state index is 12.8. The molecule has 0 atom stereocenters. The highest BCUT2D eigenvalue weighted by Crippen LogP contribution is 2.34. The number of aromatic nitrogens is 1. The monoisotopic (exact) mass is 465 g/mol. The van der Waals surface area contributed by atoms with E-state index in [4.69, 9.17) is 14.2 Å². The van der Waals surface area contributed by atoms with Crippen LogP contribution >= 0.6 is 0 Å². The van der Waals surface area contributed by atoms with E-state index in [1.54, 1.807) is 18.2 Å². The number of hydrogen-bond acceptors (Lipinski definition) is 6. The Hall–Kier alpha value is -3.69. The molecule has 0 amide bonds. The number of rotatable bonds is 9. The number of H-pyrrole nitrogens is 1. The third-order valence-corrected chi connectivity index (χ3v) is 6.63. The molecule has 0 saturated heterocycles. The number of aromatic amines is 1. The van der Waals surface area contributed by atoms with E-state index in [-0.39, 0.29) is 11.7 Å². The van der Waals surface area contributed by atoms with Crippen LogP contribution in [0.1, 0.15) is 5.56 Å². The van der Waals surface area contributed by atoms with Gasteiger partial charge >= 0.3 is 0 Å². The van der Waals surface area contributed by atoms with Crippen molar-refractivity contribution in [3.05, 3.63) is 78.5 Å². The van der Waals surface area contributed by atoms with Gasteiger partial charge in [-0.3, -0.25) is 4.72 Å². The Morgan fingerprint density at radius 1 is 0.970 bits per heavy atom. The van der Waals surface area contributed by atoms with Gasteiger partial charge < -0.3 is 24.5 Å². The van der Waals surface area contributed by atoms with Crippen molar-refractivity contribution in [2.24, 2.45) is 0 Å². The van der Waals surface area contributed by atoms with E-state index in [2.05, 4.69) is 15.0 Å². The summed E-state index contributed by atoms with van der Waals surface area (Å²) in [5.74, 6) is 1.80. The minimum absolute atomic E-state index is 0.0914. The largest absolute Gasteiger partial charge is 0.492 e. The van der Waals surface area contributed by atoms with E-state index in [1.165, 1.54) is 12.1 Å². The van der Waals surface area contributed by atoms with Gasteiger partial charge in [0.25, 0.3) is 10.0 Å².